The van der Waals surface area contributed by atoms with Gasteiger partial charge >= 0.3 is 5.97 Å². The van der Waals surface area contributed by atoms with Crippen molar-refractivity contribution in [3.8, 4) is 0 Å². The van der Waals surface area contributed by atoms with Crippen molar-refractivity contribution in [2.45, 2.75) is 51.1 Å². The Kier molecular flexibility index (Phi) is 4.62. The maximum Gasteiger partial charge on any atom is 0.303 e. The molecular formula is C14H26N2O2. The summed E-state index contributed by atoms with van der Waals surface area (Å²) < 4.78 is 0. The van der Waals surface area contributed by atoms with E-state index >= 15 is 0 Å². The van der Waals surface area contributed by atoms with Crippen LogP contribution in [0, 0.1) is 5.92 Å². The van der Waals surface area contributed by atoms with E-state index in [9.17, 15) is 4.79 Å². The monoisotopic (exact) mass is 254 g/mol. The van der Waals surface area contributed by atoms with E-state index in [4.69, 9.17) is 5.11 Å². The number of carbonyl (C=O) groups is 1. The summed E-state index contributed by atoms with van der Waals surface area (Å²) in [6, 6.07) is 1.38. The fourth-order valence-electron chi connectivity index (χ4n) is 3.42. The number of carboxylic acid groups (broad SMARTS) is 1. The third-order valence-electron chi connectivity index (χ3n) is 4.70. The number of hydrogen-bond donors (Lipinski definition) is 1. The number of rotatable bonds is 4. The smallest absolute Gasteiger partial charge is 0.303 e. The Morgan fingerprint density at radius 2 is 2.17 bits per heavy atom. The highest BCUT2D eigenvalue weighted by Gasteiger charge is 2.33. The van der Waals surface area contributed by atoms with E-state index in [0.717, 1.165) is 13.0 Å². The largest absolute Gasteiger partial charge is 0.481 e. The van der Waals surface area contributed by atoms with Crippen molar-refractivity contribution in [2.24, 2.45) is 5.92 Å². The van der Waals surface area contributed by atoms with Crippen molar-refractivity contribution in [3.05, 3.63) is 0 Å². The average molecular weight is 254 g/mol. The van der Waals surface area contributed by atoms with Crippen LogP contribution in [0.2, 0.25) is 0 Å². The lowest BCUT2D eigenvalue weighted by Gasteiger charge is -2.36. The highest BCUT2D eigenvalue weighted by atomic mass is 16.4. The molecule has 2 rings (SSSR count). The lowest BCUT2D eigenvalue weighted by molar-refractivity contribution is -0.137. The summed E-state index contributed by atoms with van der Waals surface area (Å²) in [6.07, 6.45) is 4.90. The van der Waals surface area contributed by atoms with Crippen molar-refractivity contribution < 1.29 is 9.90 Å². The molecular weight excluding hydrogens is 228 g/mol. The number of likely N-dealkylation sites (N-methyl/N-ethyl adjacent to an activating group) is 1. The Morgan fingerprint density at radius 1 is 1.39 bits per heavy atom. The summed E-state index contributed by atoms with van der Waals surface area (Å²) >= 11 is 0. The average Bonchev–Trinajstić information content (AvgIpc) is 2.68. The number of carboxylic acids is 1. The number of likely N-dealkylation sites (tertiary alicyclic amines) is 2. The predicted molar refractivity (Wildman–Crippen MR) is 71.7 cm³/mol. The summed E-state index contributed by atoms with van der Waals surface area (Å²) in [5.74, 6) is -0.0580. The van der Waals surface area contributed by atoms with Crippen LogP contribution in [0.15, 0.2) is 0 Å². The van der Waals surface area contributed by atoms with Gasteiger partial charge in [-0.25, -0.2) is 0 Å². The minimum absolute atomic E-state index is 0.333. The molecule has 0 amide bonds. The standard InChI is InChI=1S/C14H26N2O2/c1-11-8-13(10-15(11)2)16-7-3-4-12(9-16)5-6-14(17)18/h11-13H,3-10H2,1-2H3,(H,17,18). The SMILES string of the molecule is CC1CC(N2CCCC(CCC(=O)O)C2)CN1C. The summed E-state index contributed by atoms with van der Waals surface area (Å²) in [6.45, 7) is 5.78. The fraction of sp³-hybridized carbons (Fsp3) is 0.929. The third-order valence-corrected chi connectivity index (χ3v) is 4.70. The highest BCUT2D eigenvalue weighted by molar-refractivity contribution is 5.66. The Balaban J connectivity index is 1.81. The van der Waals surface area contributed by atoms with Gasteiger partial charge in [0.2, 0.25) is 0 Å². The van der Waals surface area contributed by atoms with Crippen molar-refractivity contribution in [1.29, 1.82) is 0 Å². The van der Waals surface area contributed by atoms with Crippen molar-refractivity contribution in [3.63, 3.8) is 0 Å². The molecule has 1 N–H and O–H groups in total. The van der Waals surface area contributed by atoms with E-state index in [0.29, 0.717) is 24.4 Å². The second kappa shape index (κ2) is 6.02. The van der Waals surface area contributed by atoms with Gasteiger partial charge in [-0.3, -0.25) is 9.69 Å². The minimum atomic E-state index is -0.652. The van der Waals surface area contributed by atoms with Gasteiger partial charge in [0.1, 0.15) is 0 Å². The molecule has 3 atom stereocenters. The molecule has 104 valence electrons. The number of nitrogens with zero attached hydrogens (tertiary/aromatic N) is 2. The first-order chi connectivity index (χ1) is 8.56. The van der Waals surface area contributed by atoms with Gasteiger partial charge < -0.3 is 10.0 Å². The summed E-state index contributed by atoms with van der Waals surface area (Å²) in [5.41, 5.74) is 0. The van der Waals surface area contributed by atoms with Gasteiger partial charge in [0.15, 0.2) is 0 Å². The highest BCUT2D eigenvalue weighted by Crippen LogP contribution is 2.27. The van der Waals surface area contributed by atoms with E-state index < -0.39 is 5.97 Å². The zero-order valence-corrected chi connectivity index (χ0v) is 11.6. The molecule has 18 heavy (non-hydrogen) atoms. The van der Waals surface area contributed by atoms with Gasteiger partial charge in [0.25, 0.3) is 0 Å². The first-order valence-electron chi connectivity index (χ1n) is 7.22. The first kappa shape index (κ1) is 13.8. The van der Waals surface area contributed by atoms with E-state index in [1.54, 1.807) is 0 Å². The molecule has 2 aliphatic heterocycles. The molecule has 0 bridgehead atoms. The third kappa shape index (κ3) is 3.45. The van der Waals surface area contributed by atoms with E-state index in [2.05, 4.69) is 23.8 Å². The molecule has 0 aromatic rings. The fourth-order valence-corrected chi connectivity index (χ4v) is 3.42. The van der Waals surface area contributed by atoms with Gasteiger partial charge in [0.05, 0.1) is 0 Å². The Labute approximate surface area is 110 Å². The van der Waals surface area contributed by atoms with E-state index in [1.165, 1.54) is 32.4 Å². The molecule has 4 heteroatoms. The molecule has 4 nitrogen and oxygen atoms in total. The van der Waals surface area contributed by atoms with Gasteiger partial charge in [0, 0.05) is 31.6 Å². The van der Waals surface area contributed by atoms with Gasteiger partial charge in [-0.15, -0.1) is 0 Å². The van der Waals surface area contributed by atoms with E-state index in [1.807, 2.05) is 0 Å². The first-order valence-corrected chi connectivity index (χ1v) is 7.22. The molecule has 0 aromatic heterocycles. The van der Waals surface area contributed by atoms with Crippen LogP contribution in [-0.4, -0.2) is 59.6 Å². The Morgan fingerprint density at radius 3 is 2.78 bits per heavy atom. The van der Waals surface area contributed by atoms with Gasteiger partial charge in [-0.2, -0.15) is 0 Å². The maximum absolute atomic E-state index is 10.6. The summed E-state index contributed by atoms with van der Waals surface area (Å²) in [7, 11) is 2.20. The van der Waals surface area contributed by atoms with Gasteiger partial charge in [-0.1, -0.05) is 0 Å². The quantitative estimate of drug-likeness (QED) is 0.828. The van der Waals surface area contributed by atoms with Crippen LogP contribution in [0.3, 0.4) is 0 Å². The van der Waals surface area contributed by atoms with Gasteiger partial charge in [-0.05, 0) is 52.1 Å². The summed E-state index contributed by atoms with van der Waals surface area (Å²) in [4.78, 5) is 15.7. The molecule has 0 aromatic carbocycles. The molecule has 2 heterocycles. The molecule has 2 saturated heterocycles. The normalized spacial score (nSPS) is 34.9. The molecule has 3 unspecified atom stereocenters. The van der Waals surface area contributed by atoms with Crippen molar-refractivity contribution in [2.75, 3.05) is 26.7 Å². The van der Waals surface area contributed by atoms with Crippen LogP contribution in [-0.2, 0) is 4.79 Å². The summed E-state index contributed by atoms with van der Waals surface area (Å²) in [5, 5.41) is 8.77. The zero-order valence-electron chi connectivity index (χ0n) is 11.6. The zero-order chi connectivity index (χ0) is 13.1. The van der Waals surface area contributed by atoms with Crippen molar-refractivity contribution >= 4 is 5.97 Å². The van der Waals surface area contributed by atoms with E-state index in [-0.39, 0.29) is 0 Å². The van der Waals surface area contributed by atoms with Crippen LogP contribution in [0.5, 0.6) is 0 Å². The molecule has 2 fully saturated rings. The lowest BCUT2D eigenvalue weighted by Crippen LogP contribution is -2.43. The van der Waals surface area contributed by atoms with Crippen LogP contribution in [0.4, 0.5) is 0 Å². The second-order valence-electron chi connectivity index (χ2n) is 6.11. The van der Waals surface area contributed by atoms with Crippen LogP contribution < -0.4 is 0 Å². The van der Waals surface area contributed by atoms with Crippen LogP contribution >= 0.6 is 0 Å². The molecule has 0 radical (unpaired) electrons. The molecule has 0 aliphatic carbocycles. The predicted octanol–water partition coefficient (Wildman–Crippen LogP) is 1.66. The van der Waals surface area contributed by atoms with Crippen LogP contribution in [0.25, 0.3) is 0 Å². The second-order valence-corrected chi connectivity index (χ2v) is 6.11. The number of hydrogen-bond acceptors (Lipinski definition) is 3. The van der Waals surface area contributed by atoms with Crippen molar-refractivity contribution in [1.82, 2.24) is 9.80 Å². The minimum Gasteiger partial charge on any atom is -0.481 e. The number of piperidine rings is 1. The lowest BCUT2D eigenvalue weighted by atomic mass is 9.92. The Bertz CT molecular complexity index is 286. The molecule has 0 saturated carbocycles. The molecule has 2 aliphatic rings. The maximum atomic E-state index is 10.6. The Hall–Kier alpha value is -0.610. The molecule has 0 spiro atoms. The van der Waals surface area contributed by atoms with Crippen LogP contribution in [0.1, 0.15) is 39.0 Å². The number of aliphatic carboxylic acids is 1. The topological polar surface area (TPSA) is 43.8 Å².